The third-order valence-corrected chi connectivity index (χ3v) is 5.90. The van der Waals surface area contributed by atoms with Crippen LogP contribution in [0.2, 0.25) is 0 Å². The molecule has 1 saturated heterocycles. The first kappa shape index (κ1) is 18.3. The van der Waals surface area contributed by atoms with Crippen molar-refractivity contribution in [3.8, 4) is 0 Å². The molecule has 1 atom stereocenters. The molecule has 26 heavy (non-hydrogen) atoms. The van der Waals surface area contributed by atoms with Crippen molar-refractivity contribution in [3.63, 3.8) is 0 Å². The van der Waals surface area contributed by atoms with Gasteiger partial charge in [0, 0.05) is 19.3 Å². The van der Waals surface area contributed by atoms with E-state index in [9.17, 15) is 18.0 Å². The van der Waals surface area contributed by atoms with E-state index < -0.39 is 26.7 Å². The maximum absolute atomic E-state index is 12.7. The van der Waals surface area contributed by atoms with Crippen LogP contribution in [0.5, 0.6) is 0 Å². The van der Waals surface area contributed by atoms with Crippen molar-refractivity contribution in [3.05, 3.63) is 69.6 Å². The van der Waals surface area contributed by atoms with Crippen molar-refractivity contribution in [1.29, 1.82) is 0 Å². The minimum Gasteiger partial charge on any atom is -0.337 e. The molecule has 8 heteroatoms. The summed E-state index contributed by atoms with van der Waals surface area (Å²) in [6.45, 7) is 2.62. The monoisotopic (exact) mass is 375 g/mol. The Morgan fingerprint density at radius 2 is 2.04 bits per heavy atom. The van der Waals surface area contributed by atoms with E-state index in [0.29, 0.717) is 6.54 Å². The van der Waals surface area contributed by atoms with Crippen LogP contribution in [-0.4, -0.2) is 42.1 Å². The van der Waals surface area contributed by atoms with Crippen molar-refractivity contribution in [2.45, 2.75) is 25.1 Å². The quantitative estimate of drug-likeness (QED) is 0.850. The minimum atomic E-state index is -3.69. The first-order valence-electron chi connectivity index (χ1n) is 8.31. The predicted molar refractivity (Wildman–Crippen MR) is 98.4 cm³/mol. The number of amides is 1. The predicted octanol–water partition coefficient (Wildman–Crippen LogP) is 0.708. The molecule has 0 bridgehead atoms. The van der Waals surface area contributed by atoms with Gasteiger partial charge in [-0.25, -0.2) is 13.6 Å². The van der Waals surface area contributed by atoms with E-state index in [1.165, 1.54) is 15.5 Å². The molecular formula is C18H21N3O4S. The first-order valence-corrected chi connectivity index (χ1v) is 9.92. The second-order valence-corrected chi connectivity index (χ2v) is 8.44. The van der Waals surface area contributed by atoms with Gasteiger partial charge < -0.3 is 9.47 Å². The number of primary sulfonamides is 1. The summed E-state index contributed by atoms with van der Waals surface area (Å²) in [4.78, 5) is 26.8. The number of likely N-dealkylation sites (tertiary alicyclic amines) is 1. The Morgan fingerprint density at radius 1 is 1.27 bits per heavy atom. The summed E-state index contributed by atoms with van der Waals surface area (Å²) in [6, 6.07) is 10.9. The summed E-state index contributed by atoms with van der Waals surface area (Å²) < 4.78 is 24.4. The maximum Gasteiger partial charge on any atom is 0.263 e. The summed E-state index contributed by atoms with van der Waals surface area (Å²) in [5.41, 5.74) is 1.70. The molecule has 1 aromatic carbocycles. The molecule has 3 rings (SSSR count). The van der Waals surface area contributed by atoms with Gasteiger partial charge in [0.05, 0.1) is 11.8 Å². The van der Waals surface area contributed by atoms with Crippen molar-refractivity contribution in [1.82, 2.24) is 9.47 Å². The number of rotatable bonds is 4. The number of carbonyl (C=O) groups is 1. The molecule has 0 radical (unpaired) electrons. The lowest BCUT2D eigenvalue weighted by atomic mass is 10.1. The van der Waals surface area contributed by atoms with Gasteiger partial charge in [-0.1, -0.05) is 29.8 Å². The second kappa shape index (κ2) is 7.05. The van der Waals surface area contributed by atoms with Crippen molar-refractivity contribution < 1.29 is 13.2 Å². The van der Waals surface area contributed by atoms with Gasteiger partial charge in [0.1, 0.15) is 5.56 Å². The molecule has 1 fully saturated rings. The lowest BCUT2D eigenvalue weighted by Gasteiger charge is -2.16. The van der Waals surface area contributed by atoms with Gasteiger partial charge in [-0.15, -0.1) is 0 Å². The molecule has 1 aromatic heterocycles. The number of nitrogens with two attached hydrogens (primary N) is 1. The zero-order valence-corrected chi connectivity index (χ0v) is 15.3. The largest absolute Gasteiger partial charge is 0.337 e. The number of sulfonamides is 1. The molecule has 2 N–H and O–H groups in total. The summed E-state index contributed by atoms with van der Waals surface area (Å²) >= 11 is 0. The summed E-state index contributed by atoms with van der Waals surface area (Å²) in [7, 11) is -3.69. The van der Waals surface area contributed by atoms with Crippen LogP contribution >= 0.6 is 0 Å². The van der Waals surface area contributed by atoms with E-state index in [1.54, 1.807) is 12.3 Å². The lowest BCUT2D eigenvalue weighted by molar-refractivity contribution is 0.0790. The smallest absolute Gasteiger partial charge is 0.263 e. The van der Waals surface area contributed by atoms with Crippen molar-refractivity contribution in [2.24, 2.45) is 5.14 Å². The van der Waals surface area contributed by atoms with Crippen LogP contribution in [-0.2, 0) is 16.6 Å². The van der Waals surface area contributed by atoms with Crippen LogP contribution in [0.3, 0.4) is 0 Å². The molecule has 1 amide bonds. The van der Waals surface area contributed by atoms with E-state index in [2.05, 4.69) is 0 Å². The third-order valence-electron chi connectivity index (χ3n) is 4.58. The summed E-state index contributed by atoms with van der Waals surface area (Å²) in [6.07, 6.45) is 1.92. The molecule has 0 aliphatic carbocycles. The van der Waals surface area contributed by atoms with E-state index in [0.717, 1.165) is 11.1 Å². The molecule has 1 aliphatic heterocycles. The highest BCUT2D eigenvalue weighted by atomic mass is 32.2. The normalized spacial score (nSPS) is 17.5. The Labute approximate surface area is 152 Å². The number of pyridine rings is 1. The van der Waals surface area contributed by atoms with Gasteiger partial charge in [-0.3, -0.25) is 9.59 Å². The van der Waals surface area contributed by atoms with Crippen molar-refractivity contribution in [2.75, 3.05) is 13.1 Å². The Morgan fingerprint density at radius 3 is 2.69 bits per heavy atom. The SMILES string of the molecule is Cc1cccc(Cn2cccc(C(=O)N3CC[C@H](S(N)(=O)=O)C3)c2=O)c1. The molecule has 0 unspecified atom stereocenters. The summed E-state index contributed by atoms with van der Waals surface area (Å²) in [5, 5.41) is 4.39. The topological polar surface area (TPSA) is 102 Å². The Balaban J connectivity index is 1.83. The highest BCUT2D eigenvalue weighted by Gasteiger charge is 2.34. The Kier molecular flexibility index (Phi) is 4.97. The Bertz CT molecular complexity index is 997. The zero-order chi connectivity index (χ0) is 18.9. The van der Waals surface area contributed by atoms with Crippen LogP contribution < -0.4 is 10.7 Å². The lowest BCUT2D eigenvalue weighted by Crippen LogP contribution is -2.37. The zero-order valence-electron chi connectivity index (χ0n) is 14.5. The number of hydrogen-bond acceptors (Lipinski definition) is 4. The van der Waals surface area contributed by atoms with Gasteiger partial charge in [-0.05, 0) is 31.0 Å². The molecule has 7 nitrogen and oxygen atoms in total. The first-order chi connectivity index (χ1) is 12.3. The number of carbonyl (C=O) groups excluding carboxylic acids is 1. The van der Waals surface area contributed by atoms with Crippen LogP contribution in [0.25, 0.3) is 0 Å². The average Bonchev–Trinajstić information content (AvgIpc) is 3.07. The fourth-order valence-corrected chi connectivity index (χ4v) is 4.00. The fourth-order valence-electron chi connectivity index (χ4n) is 3.18. The summed E-state index contributed by atoms with van der Waals surface area (Å²) in [5.74, 6) is -0.459. The van der Waals surface area contributed by atoms with Crippen LogP contribution in [0.4, 0.5) is 0 Å². The van der Waals surface area contributed by atoms with Crippen molar-refractivity contribution >= 4 is 15.9 Å². The standard InChI is InChI=1S/C18H21N3O4S/c1-13-4-2-5-14(10-13)11-20-8-3-6-16(17(20)22)18(23)21-9-7-15(12-21)26(19,24)25/h2-6,8,10,15H,7,9,11-12H2,1H3,(H2,19,24,25)/t15-/m0/s1. The average molecular weight is 375 g/mol. The van der Waals surface area contributed by atoms with Crippen LogP contribution in [0, 0.1) is 6.92 Å². The van der Waals surface area contributed by atoms with Gasteiger partial charge in [-0.2, -0.15) is 0 Å². The van der Waals surface area contributed by atoms with E-state index in [-0.39, 0.29) is 25.1 Å². The van der Waals surface area contributed by atoms with E-state index in [1.807, 2.05) is 31.2 Å². The van der Waals surface area contributed by atoms with Crippen LogP contribution in [0.15, 0.2) is 47.4 Å². The van der Waals surface area contributed by atoms with Gasteiger partial charge >= 0.3 is 0 Å². The number of benzene rings is 1. The molecule has 1 aliphatic rings. The highest BCUT2D eigenvalue weighted by Crippen LogP contribution is 2.16. The second-order valence-electron chi connectivity index (χ2n) is 6.59. The highest BCUT2D eigenvalue weighted by molar-refractivity contribution is 7.89. The molecular weight excluding hydrogens is 354 g/mol. The molecule has 2 heterocycles. The van der Waals surface area contributed by atoms with E-state index in [4.69, 9.17) is 5.14 Å². The third kappa shape index (κ3) is 3.86. The number of hydrogen-bond donors (Lipinski definition) is 1. The number of aromatic nitrogens is 1. The minimum absolute atomic E-state index is 0.0177. The number of nitrogens with zero attached hydrogens (tertiary/aromatic N) is 2. The van der Waals surface area contributed by atoms with Gasteiger partial charge in [0.2, 0.25) is 10.0 Å². The molecule has 2 aromatic rings. The Hall–Kier alpha value is -2.45. The molecule has 0 spiro atoms. The molecule has 0 saturated carbocycles. The maximum atomic E-state index is 12.7. The molecule has 138 valence electrons. The van der Waals surface area contributed by atoms with Gasteiger partial charge in [0.15, 0.2) is 0 Å². The van der Waals surface area contributed by atoms with E-state index >= 15 is 0 Å². The number of aryl methyl sites for hydroxylation is 1. The van der Waals surface area contributed by atoms with Gasteiger partial charge in [0.25, 0.3) is 11.5 Å². The van der Waals surface area contributed by atoms with Crippen LogP contribution in [0.1, 0.15) is 27.9 Å². The fraction of sp³-hybridized carbons (Fsp3) is 0.333.